The zero-order chi connectivity index (χ0) is 17.4. The third kappa shape index (κ3) is 2.89. The smallest absolute Gasteiger partial charge is 0.276 e. The number of nitrogens with zero attached hydrogens (tertiary/aromatic N) is 2. The molecule has 6 heteroatoms. The van der Waals surface area contributed by atoms with Crippen molar-refractivity contribution in [2.75, 3.05) is 6.54 Å². The van der Waals surface area contributed by atoms with E-state index in [-0.39, 0.29) is 28.8 Å². The van der Waals surface area contributed by atoms with Crippen LogP contribution in [0.15, 0.2) is 12.1 Å². The first-order valence-corrected chi connectivity index (χ1v) is 8.65. The molecule has 1 aromatic rings. The van der Waals surface area contributed by atoms with E-state index in [4.69, 9.17) is 0 Å². The molecular weight excluding hydrogens is 311 g/mol. The second-order valence-electron chi connectivity index (χ2n) is 7.14. The highest BCUT2D eigenvalue weighted by Gasteiger charge is 2.40. The number of nitro benzene ring substituents is 1. The van der Waals surface area contributed by atoms with E-state index in [0.29, 0.717) is 18.4 Å². The third-order valence-corrected chi connectivity index (χ3v) is 5.76. The van der Waals surface area contributed by atoms with Crippen molar-refractivity contribution in [3.8, 4) is 0 Å². The van der Waals surface area contributed by atoms with E-state index in [0.717, 1.165) is 31.7 Å². The average Bonchev–Trinajstić information content (AvgIpc) is 2.57. The van der Waals surface area contributed by atoms with Gasteiger partial charge in [0.15, 0.2) is 0 Å². The van der Waals surface area contributed by atoms with Crippen LogP contribution in [0, 0.1) is 34.7 Å². The first-order chi connectivity index (χ1) is 11.4. The van der Waals surface area contributed by atoms with Gasteiger partial charge in [-0.25, -0.2) is 4.39 Å². The van der Waals surface area contributed by atoms with Crippen molar-refractivity contribution in [2.24, 2.45) is 11.8 Å². The van der Waals surface area contributed by atoms with Gasteiger partial charge in [-0.3, -0.25) is 14.9 Å². The summed E-state index contributed by atoms with van der Waals surface area (Å²) in [7, 11) is 0. The topological polar surface area (TPSA) is 63.5 Å². The summed E-state index contributed by atoms with van der Waals surface area (Å²) in [5, 5.41) is 11.1. The van der Waals surface area contributed by atoms with Gasteiger partial charge in [-0.1, -0.05) is 19.8 Å². The lowest BCUT2D eigenvalue weighted by atomic mass is 9.72. The molecule has 2 fully saturated rings. The highest BCUT2D eigenvalue weighted by Crippen LogP contribution is 2.39. The van der Waals surface area contributed by atoms with E-state index in [9.17, 15) is 19.3 Å². The van der Waals surface area contributed by atoms with E-state index in [2.05, 4.69) is 6.92 Å². The molecule has 2 aliphatic rings. The van der Waals surface area contributed by atoms with Crippen LogP contribution in [0.4, 0.5) is 10.1 Å². The van der Waals surface area contributed by atoms with Crippen LogP contribution >= 0.6 is 0 Å². The Morgan fingerprint density at radius 3 is 2.71 bits per heavy atom. The molecule has 1 saturated heterocycles. The van der Waals surface area contributed by atoms with Crippen LogP contribution in [0.3, 0.4) is 0 Å². The zero-order valence-corrected chi connectivity index (χ0v) is 14.1. The van der Waals surface area contributed by atoms with Crippen molar-refractivity contribution in [1.82, 2.24) is 4.90 Å². The van der Waals surface area contributed by atoms with E-state index in [1.807, 2.05) is 4.90 Å². The molecule has 0 N–H and O–H groups in total. The molecule has 0 spiro atoms. The molecular formula is C18H23FN2O3. The summed E-state index contributed by atoms with van der Waals surface area (Å²) < 4.78 is 14.0. The van der Waals surface area contributed by atoms with Gasteiger partial charge in [-0.2, -0.15) is 0 Å². The number of likely N-dealkylation sites (tertiary alicyclic amines) is 1. The van der Waals surface area contributed by atoms with Gasteiger partial charge >= 0.3 is 0 Å². The van der Waals surface area contributed by atoms with Crippen molar-refractivity contribution in [3.05, 3.63) is 39.2 Å². The van der Waals surface area contributed by atoms with Crippen molar-refractivity contribution in [1.29, 1.82) is 0 Å². The molecule has 1 saturated carbocycles. The normalized spacial score (nSPS) is 26.8. The molecule has 1 aromatic carbocycles. The van der Waals surface area contributed by atoms with E-state index >= 15 is 0 Å². The van der Waals surface area contributed by atoms with Crippen molar-refractivity contribution in [2.45, 2.75) is 52.0 Å². The van der Waals surface area contributed by atoms with E-state index in [1.54, 1.807) is 0 Å². The molecule has 0 bridgehead atoms. The maximum absolute atomic E-state index is 14.0. The number of nitro groups is 1. The van der Waals surface area contributed by atoms with Gasteiger partial charge < -0.3 is 4.90 Å². The predicted molar refractivity (Wildman–Crippen MR) is 88.4 cm³/mol. The zero-order valence-electron chi connectivity index (χ0n) is 14.1. The number of fused-ring (bicyclic) bond motifs is 1. The number of carbonyl (C=O) groups excluding carboxylic acids is 1. The van der Waals surface area contributed by atoms with E-state index in [1.165, 1.54) is 19.4 Å². The Morgan fingerprint density at radius 1 is 1.29 bits per heavy atom. The fraction of sp³-hybridized carbons (Fsp3) is 0.611. The summed E-state index contributed by atoms with van der Waals surface area (Å²) in [6.07, 6.45) is 5.32. The van der Waals surface area contributed by atoms with Gasteiger partial charge in [-0.05, 0) is 44.1 Å². The van der Waals surface area contributed by atoms with Gasteiger partial charge in [0.2, 0.25) is 0 Å². The number of amides is 1. The first kappa shape index (κ1) is 16.9. The lowest BCUT2D eigenvalue weighted by molar-refractivity contribution is -0.385. The minimum atomic E-state index is -0.696. The Kier molecular flexibility index (Phi) is 4.56. The second-order valence-corrected chi connectivity index (χ2v) is 7.14. The predicted octanol–water partition coefficient (Wildman–Crippen LogP) is 4.08. The molecule has 5 nitrogen and oxygen atoms in total. The fourth-order valence-corrected chi connectivity index (χ4v) is 4.31. The lowest BCUT2D eigenvalue weighted by Crippen LogP contribution is -2.52. The Morgan fingerprint density at radius 2 is 2.00 bits per heavy atom. The highest BCUT2D eigenvalue weighted by atomic mass is 19.1. The van der Waals surface area contributed by atoms with Crippen LogP contribution in [0.2, 0.25) is 0 Å². The van der Waals surface area contributed by atoms with Gasteiger partial charge in [0.05, 0.1) is 10.5 Å². The Labute approximate surface area is 141 Å². The quantitative estimate of drug-likeness (QED) is 0.604. The van der Waals surface area contributed by atoms with Gasteiger partial charge in [-0.15, -0.1) is 0 Å². The molecule has 0 radical (unpaired) electrons. The fourth-order valence-electron chi connectivity index (χ4n) is 4.31. The number of piperidine rings is 1. The Balaban J connectivity index is 1.92. The highest BCUT2D eigenvalue weighted by molar-refractivity contribution is 5.95. The number of hydrogen-bond donors (Lipinski definition) is 0. The SMILES string of the molecule is Cc1c(F)cc(C(=O)N2CCC(C)C3CCCCC32)cc1[N+](=O)[O-]. The van der Waals surface area contributed by atoms with Crippen LogP contribution in [-0.2, 0) is 0 Å². The first-order valence-electron chi connectivity index (χ1n) is 8.65. The number of halogens is 1. The monoisotopic (exact) mass is 334 g/mol. The van der Waals surface area contributed by atoms with Crippen LogP contribution in [0.25, 0.3) is 0 Å². The summed E-state index contributed by atoms with van der Waals surface area (Å²) in [6.45, 7) is 4.24. The lowest BCUT2D eigenvalue weighted by Gasteiger charge is -2.47. The standard InChI is InChI=1S/C18H23FN2O3/c1-11-7-8-20(16-6-4-3-5-14(11)16)18(22)13-9-15(19)12(2)17(10-13)21(23)24/h9-11,14,16H,3-8H2,1-2H3. The van der Waals surface area contributed by atoms with E-state index < -0.39 is 10.7 Å². The molecule has 1 aliphatic heterocycles. The number of rotatable bonds is 2. The maximum Gasteiger partial charge on any atom is 0.276 e. The molecule has 1 heterocycles. The molecule has 24 heavy (non-hydrogen) atoms. The molecule has 3 rings (SSSR count). The molecule has 3 atom stereocenters. The summed E-state index contributed by atoms with van der Waals surface area (Å²) in [6, 6.07) is 2.54. The van der Waals surface area contributed by atoms with Crippen LogP contribution < -0.4 is 0 Å². The second kappa shape index (κ2) is 6.49. The van der Waals surface area contributed by atoms with Crippen molar-refractivity contribution >= 4 is 11.6 Å². The van der Waals surface area contributed by atoms with Crippen LogP contribution in [-0.4, -0.2) is 28.3 Å². The van der Waals surface area contributed by atoms with Crippen molar-refractivity contribution < 1.29 is 14.1 Å². The number of benzene rings is 1. The summed E-state index contributed by atoms with van der Waals surface area (Å²) in [4.78, 5) is 25.2. The summed E-state index contributed by atoms with van der Waals surface area (Å²) in [5.74, 6) is 0.101. The average molecular weight is 334 g/mol. The minimum Gasteiger partial charge on any atom is -0.335 e. The summed E-state index contributed by atoms with van der Waals surface area (Å²) >= 11 is 0. The number of carbonyl (C=O) groups is 1. The molecule has 0 aromatic heterocycles. The largest absolute Gasteiger partial charge is 0.335 e. The van der Waals surface area contributed by atoms with Gasteiger partial charge in [0.25, 0.3) is 11.6 Å². The van der Waals surface area contributed by atoms with Gasteiger partial charge in [0, 0.05) is 24.2 Å². The summed E-state index contributed by atoms with van der Waals surface area (Å²) in [5.41, 5.74) is -0.271. The molecule has 130 valence electrons. The number of hydrogen-bond acceptors (Lipinski definition) is 3. The van der Waals surface area contributed by atoms with Gasteiger partial charge in [0.1, 0.15) is 5.82 Å². The minimum absolute atomic E-state index is 0.0284. The maximum atomic E-state index is 14.0. The third-order valence-electron chi connectivity index (χ3n) is 5.76. The Hall–Kier alpha value is -1.98. The van der Waals surface area contributed by atoms with Crippen LogP contribution in [0.5, 0.6) is 0 Å². The molecule has 3 unspecified atom stereocenters. The molecule has 1 aliphatic carbocycles. The molecule has 1 amide bonds. The Bertz CT molecular complexity index is 676. The van der Waals surface area contributed by atoms with Crippen molar-refractivity contribution in [3.63, 3.8) is 0 Å². The van der Waals surface area contributed by atoms with Crippen LogP contribution in [0.1, 0.15) is 54.9 Å².